The number of aliphatic hydroxyl groups excluding tert-OH is 1. The Morgan fingerprint density at radius 2 is 1.88 bits per heavy atom. The number of cyclic esters (lactones) is 1. The van der Waals surface area contributed by atoms with Crippen molar-refractivity contribution in [1.29, 1.82) is 0 Å². The molecule has 1 aliphatic rings. The maximum Gasteiger partial charge on any atom is 0.309 e. The Labute approximate surface area is 188 Å². The average Bonchev–Trinajstić information content (AvgIpc) is 2.73. The van der Waals surface area contributed by atoms with Gasteiger partial charge in [-0.1, -0.05) is 32.1 Å². The summed E-state index contributed by atoms with van der Waals surface area (Å²) in [4.78, 5) is 11.8. The van der Waals surface area contributed by atoms with Gasteiger partial charge in [-0.3, -0.25) is 4.79 Å². The number of hydrogen-bond donors (Lipinski definition) is 1. The lowest BCUT2D eigenvalue weighted by molar-refractivity contribution is -0.156. The summed E-state index contributed by atoms with van der Waals surface area (Å²) in [6.45, 7) is 8.90. The van der Waals surface area contributed by atoms with Gasteiger partial charge in [-0.25, -0.2) is 4.39 Å². The molecule has 0 radical (unpaired) electrons. The fourth-order valence-corrected chi connectivity index (χ4v) is 3.92. The molecule has 2 unspecified atom stereocenters. The van der Waals surface area contributed by atoms with Crippen LogP contribution in [-0.2, 0) is 9.53 Å². The Morgan fingerprint density at radius 3 is 2.47 bits per heavy atom. The van der Waals surface area contributed by atoms with Crippen molar-refractivity contribution in [3.8, 4) is 22.6 Å². The maximum atomic E-state index is 13.7. The normalized spacial score (nSPS) is 18.8. The molecule has 0 bridgehead atoms. The Morgan fingerprint density at radius 1 is 1.19 bits per heavy atom. The van der Waals surface area contributed by atoms with Gasteiger partial charge in [-0.05, 0) is 60.7 Å². The van der Waals surface area contributed by atoms with Crippen LogP contribution in [0.3, 0.4) is 0 Å². The Hall–Kier alpha value is -2.86. The van der Waals surface area contributed by atoms with Crippen molar-refractivity contribution < 1.29 is 28.5 Å². The molecular formula is C26H31FO5. The van der Waals surface area contributed by atoms with Crippen molar-refractivity contribution in [2.45, 2.75) is 58.7 Å². The van der Waals surface area contributed by atoms with E-state index in [1.165, 1.54) is 12.1 Å². The molecular weight excluding hydrogens is 411 g/mol. The van der Waals surface area contributed by atoms with E-state index in [0.717, 1.165) is 22.3 Å². The van der Waals surface area contributed by atoms with E-state index in [9.17, 15) is 14.3 Å². The highest BCUT2D eigenvalue weighted by atomic mass is 19.1. The second-order valence-electron chi connectivity index (χ2n) is 8.09. The Bertz CT molecular complexity index is 965. The van der Waals surface area contributed by atoms with Crippen molar-refractivity contribution in [3.63, 3.8) is 0 Å². The fourth-order valence-electron chi connectivity index (χ4n) is 3.92. The molecule has 1 fully saturated rings. The third kappa shape index (κ3) is 5.49. The second-order valence-corrected chi connectivity index (χ2v) is 8.09. The summed E-state index contributed by atoms with van der Waals surface area (Å²) in [5.74, 6) is 0.642. The SMILES string of the molecule is CCOc1cc(C(C)C)c(/C=C/C2CC(O)CC(=O)O2)c(-c2ccc(F)cc2)c1OCC. The van der Waals surface area contributed by atoms with Crippen molar-refractivity contribution in [2.24, 2.45) is 0 Å². The number of esters is 1. The Balaban J connectivity index is 2.22. The summed E-state index contributed by atoms with van der Waals surface area (Å²) < 4.78 is 31.0. The standard InChI is InChI=1S/C26H31FO5/c1-5-30-23-15-22(16(3)4)21(12-11-20-13-19(28)14-24(29)32-20)25(26(23)31-6-2)17-7-9-18(27)10-8-17/h7-12,15-16,19-20,28H,5-6,13-14H2,1-4H3/b12-11+. The van der Waals surface area contributed by atoms with Crippen LogP contribution in [0.25, 0.3) is 17.2 Å². The van der Waals surface area contributed by atoms with E-state index in [-0.39, 0.29) is 18.2 Å². The van der Waals surface area contributed by atoms with E-state index in [1.807, 2.05) is 26.0 Å². The lowest BCUT2D eigenvalue weighted by atomic mass is 9.88. The summed E-state index contributed by atoms with van der Waals surface area (Å²) in [7, 11) is 0. The van der Waals surface area contributed by atoms with Crippen LogP contribution in [0.4, 0.5) is 4.39 Å². The molecule has 0 amide bonds. The summed E-state index contributed by atoms with van der Waals surface area (Å²) in [5.41, 5.74) is 3.49. The monoisotopic (exact) mass is 442 g/mol. The molecule has 6 heteroatoms. The van der Waals surface area contributed by atoms with Gasteiger partial charge in [0, 0.05) is 12.0 Å². The summed E-state index contributed by atoms with van der Waals surface area (Å²) in [6.07, 6.45) is 2.83. The van der Waals surface area contributed by atoms with Gasteiger partial charge in [0.25, 0.3) is 0 Å². The van der Waals surface area contributed by atoms with Crippen LogP contribution in [0.1, 0.15) is 57.6 Å². The summed E-state index contributed by atoms with van der Waals surface area (Å²) in [6, 6.07) is 8.25. The molecule has 2 aromatic rings. The fraction of sp³-hybridized carbons (Fsp3) is 0.423. The lowest BCUT2D eigenvalue weighted by Gasteiger charge is -2.25. The van der Waals surface area contributed by atoms with E-state index in [1.54, 1.807) is 18.2 Å². The first-order valence-electron chi connectivity index (χ1n) is 11.1. The molecule has 2 aromatic carbocycles. The topological polar surface area (TPSA) is 65.0 Å². The molecule has 1 aliphatic heterocycles. The van der Waals surface area contributed by atoms with Crippen LogP contribution in [0.5, 0.6) is 11.5 Å². The van der Waals surface area contributed by atoms with Gasteiger partial charge in [-0.15, -0.1) is 0 Å². The van der Waals surface area contributed by atoms with E-state index in [2.05, 4.69) is 13.8 Å². The third-order valence-corrected chi connectivity index (χ3v) is 5.33. The number of carbonyl (C=O) groups is 1. The number of hydrogen-bond acceptors (Lipinski definition) is 5. The molecule has 172 valence electrons. The zero-order valence-corrected chi connectivity index (χ0v) is 19.1. The largest absolute Gasteiger partial charge is 0.490 e. The molecule has 0 aromatic heterocycles. The molecule has 0 saturated carbocycles. The smallest absolute Gasteiger partial charge is 0.309 e. The predicted molar refractivity (Wildman–Crippen MR) is 122 cm³/mol. The lowest BCUT2D eigenvalue weighted by Crippen LogP contribution is -2.31. The zero-order chi connectivity index (χ0) is 23.3. The van der Waals surface area contributed by atoms with Gasteiger partial charge in [0.2, 0.25) is 0 Å². The molecule has 0 aliphatic carbocycles. The van der Waals surface area contributed by atoms with E-state index in [0.29, 0.717) is 31.1 Å². The van der Waals surface area contributed by atoms with Gasteiger partial charge < -0.3 is 19.3 Å². The number of halogens is 1. The van der Waals surface area contributed by atoms with Crippen molar-refractivity contribution in [3.05, 3.63) is 53.4 Å². The minimum absolute atomic E-state index is 0.0138. The number of benzene rings is 2. The van der Waals surface area contributed by atoms with E-state index in [4.69, 9.17) is 14.2 Å². The molecule has 32 heavy (non-hydrogen) atoms. The van der Waals surface area contributed by atoms with Gasteiger partial charge in [-0.2, -0.15) is 0 Å². The van der Waals surface area contributed by atoms with Crippen LogP contribution < -0.4 is 9.47 Å². The molecule has 3 rings (SSSR count). The molecule has 5 nitrogen and oxygen atoms in total. The van der Waals surface area contributed by atoms with Crippen LogP contribution in [0.15, 0.2) is 36.4 Å². The van der Waals surface area contributed by atoms with Crippen LogP contribution >= 0.6 is 0 Å². The maximum absolute atomic E-state index is 13.7. The first-order valence-corrected chi connectivity index (χ1v) is 11.1. The van der Waals surface area contributed by atoms with E-state index < -0.39 is 18.2 Å². The predicted octanol–water partition coefficient (Wildman–Crippen LogP) is 5.49. The third-order valence-electron chi connectivity index (χ3n) is 5.33. The van der Waals surface area contributed by atoms with Gasteiger partial charge >= 0.3 is 5.97 Å². The highest BCUT2D eigenvalue weighted by Crippen LogP contribution is 2.45. The molecule has 1 saturated heterocycles. The van der Waals surface area contributed by atoms with Crippen LogP contribution in [0, 0.1) is 5.82 Å². The van der Waals surface area contributed by atoms with Gasteiger partial charge in [0.15, 0.2) is 11.5 Å². The second kappa shape index (κ2) is 10.6. The number of aliphatic hydroxyl groups is 1. The van der Waals surface area contributed by atoms with Crippen molar-refractivity contribution >= 4 is 12.0 Å². The molecule has 2 atom stereocenters. The van der Waals surface area contributed by atoms with E-state index >= 15 is 0 Å². The number of ether oxygens (including phenoxy) is 3. The molecule has 0 spiro atoms. The first-order chi connectivity index (χ1) is 15.3. The van der Waals surface area contributed by atoms with Gasteiger partial charge in [0.1, 0.15) is 11.9 Å². The van der Waals surface area contributed by atoms with Crippen molar-refractivity contribution in [2.75, 3.05) is 13.2 Å². The summed E-state index contributed by atoms with van der Waals surface area (Å²) in [5, 5.41) is 9.95. The highest BCUT2D eigenvalue weighted by molar-refractivity contribution is 5.85. The first kappa shape index (κ1) is 23.8. The average molecular weight is 443 g/mol. The number of rotatable bonds is 8. The number of carbonyl (C=O) groups excluding carboxylic acids is 1. The summed E-state index contributed by atoms with van der Waals surface area (Å²) >= 11 is 0. The quantitative estimate of drug-likeness (QED) is 0.548. The Kier molecular flexibility index (Phi) is 7.91. The minimum Gasteiger partial charge on any atom is -0.490 e. The highest BCUT2D eigenvalue weighted by Gasteiger charge is 2.26. The zero-order valence-electron chi connectivity index (χ0n) is 19.1. The van der Waals surface area contributed by atoms with Crippen molar-refractivity contribution in [1.82, 2.24) is 0 Å². The molecule has 1 N–H and O–H groups in total. The minimum atomic E-state index is -0.716. The molecule has 1 heterocycles. The van der Waals surface area contributed by atoms with Crippen LogP contribution in [-0.4, -0.2) is 36.5 Å². The van der Waals surface area contributed by atoms with Crippen LogP contribution in [0.2, 0.25) is 0 Å². The van der Waals surface area contributed by atoms with Gasteiger partial charge in [0.05, 0.1) is 25.7 Å².